The van der Waals surface area contributed by atoms with E-state index in [2.05, 4.69) is 24.4 Å². The Labute approximate surface area is 142 Å². The van der Waals surface area contributed by atoms with Crippen molar-refractivity contribution in [1.82, 2.24) is 4.90 Å². The Morgan fingerprint density at radius 1 is 1.22 bits per heavy atom. The lowest BCUT2D eigenvalue weighted by Crippen LogP contribution is -2.37. The number of hydrogen-bond acceptors (Lipinski definition) is 3. The number of amides is 1. The largest absolute Gasteiger partial charge is 0.334 e. The number of thiophene rings is 1. The predicted octanol–water partition coefficient (Wildman–Crippen LogP) is 3.83. The highest BCUT2D eigenvalue weighted by molar-refractivity contribution is 7.09. The van der Waals surface area contributed by atoms with Gasteiger partial charge in [-0.15, -0.1) is 11.3 Å². The summed E-state index contributed by atoms with van der Waals surface area (Å²) in [5.74, 6) is 0.165. The second-order valence-corrected chi connectivity index (χ2v) is 7.75. The summed E-state index contributed by atoms with van der Waals surface area (Å²) in [5.41, 5.74) is 8.28. The van der Waals surface area contributed by atoms with Gasteiger partial charge in [0.05, 0.1) is 0 Å². The second kappa shape index (κ2) is 6.85. The molecule has 3 nitrogen and oxygen atoms in total. The highest BCUT2D eigenvalue weighted by Gasteiger charge is 2.27. The lowest BCUT2D eigenvalue weighted by Gasteiger charge is -2.26. The Balaban J connectivity index is 1.45. The Hall–Kier alpha value is -1.65. The van der Waals surface area contributed by atoms with Gasteiger partial charge in [0.25, 0.3) is 5.91 Å². The zero-order valence-corrected chi connectivity index (χ0v) is 14.4. The van der Waals surface area contributed by atoms with Crippen molar-refractivity contribution in [2.45, 2.75) is 44.7 Å². The Kier molecular flexibility index (Phi) is 4.83. The van der Waals surface area contributed by atoms with Gasteiger partial charge in [-0.1, -0.05) is 24.3 Å². The molecule has 0 bridgehead atoms. The van der Waals surface area contributed by atoms with E-state index in [-0.39, 0.29) is 11.4 Å². The lowest BCUT2D eigenvalue weighted by molar-refractivity contribution is 0.0772. The van der Waals surface area contributed by atoms with E-state index in [1.807, 2.05) is 29.2 Å². The standard InChI is InChI=1S/C19H24N2OS/c1-19(20,11-9-16-7-4-13-23-16)10-5-12-21-14-15-6-2-3-8-17(15)18(21)22/h2-4,6-8,13H,5,9-12,14,20H2,1H3. The average Bonchev–Trinajstić information content (AvgIpc) is 3.15. The molecule has 23 heavy (non-hydrogen) atoms. The van der Waals surface area contributed by atoms with Crippen molar-refractivity contribution < 1.29 is 4.79 Å². The molecule has 0 radical (unpaired) electrons. The van der Waals surface area contributed by atoms with Crippen LogP contribution in [-0.4, -0.2) is 22.9 Å². The fourth-order valence-corrected chi connectivity index (χ4v) is 3.87. The molecule has 1 aromatic carbocycles. The van der Waals surface area contributed by atoms with E-state index in [1.54, 1.807) is 11.3 Å². The van der Waals surface area contributed by atoms with Crippen molar-refractivity contribution in [3.63, 3.8) is 0 Å². The van der Waals surface area contributed by atoms with E-state index in [1.165, 1.54) is 4.88 Å². The molecule has 0 spiro atoms. The van der Waals surface area contributed by atoms with Crippen molar-refractivity contribution in [2.75, 3.05) is 6.54 Å². The summed E-state index contributed by atoms with van der Waals surface area (Å²) >= 11 is 1.79. The van der Waals surface area contributed by atoms with Crippen LogP contribution < -0.4 is 5.73 Å². The van der Waals surface area contributed by atoms with Gasteiger partial charge in [-0.2, -0.15) is 0 Å². The molecule has 2 heterocycles. The van der Waals surface area contributed by atoms with Crippen LogP contribution in [-0.2, 0) is 13.0 Å². The van der Waals surface area contributed by atoms with E-state index in [0.717, 1.165) is 49.9 Å². The minimum absolute atomic E-state index is 0.165. The molecule has 1 amide bonds. The SMILES string of the molecule is CC(N)(CCCN1Cc2ccccc2C1=O)CCc1cccs1. The molecule has 4 heteroatoms. The molecule has 0 fully saturated rings. The molecule has 0 aliphatic carbocycles. The topological polar surface area (TPSA) is 46.3 Å². The van der Waals surface area contributed by atoms with Gasteiger partial charge in [0.1, 0.15) is 0 Å². The zero-order chi connectivity index (χ0) is 16.3. The van der Waals surface area contributed by atoms with Crippen LogP contribution in [0.3, 0.4) is 0 Å². The monoisotopic (exact) mass is 328 g/mol. The number of aryl methyl sites for hydroxylation is 1. The Morgan fingerprint density at radius 3 is 2.78 bits per heavy atom. The van der Waals surface area contributed by atoms with E-state index >= 15 is 0 Å². The molecule has 1 atom stereocenters. The number of rotatable bonds is 7. The summed E-state index contributed by atoms with van der Waals surface area (Å²) in [5, 5.41) is 2.11. The molecule has 0 saturated carbocycles. The molecule has 1 aromatic heterocycles. The first kappa shape index (κ1) is 16.2. The molecule has 2 aromatic rings. The van der Waals surface area contributed by atoms with Crippen molar-refractivity contribution in [2.24, 2.45) is 5.73 Å². The maximum absolute atomic E-state index is 12.3. The van der Waals surface area contributed by atoms with Crippen molar-refractivity contribution in [1.29, 1.82) is 0 Å². The quantitative estimate of drug-likeness (QED) is 0.839. The maximum atomic E-state index is 12.3. The van der Waals surface area contributed by atoms with Crippen LogP contribution in [0.4, 0.5) is 0 Å². The number of benzene rings is 1. The number of carbonyl (C=O) groups excluding carboxylic acids is 1. The number of nitrogens with two attached hydrogens (primary N) is 1. The van der Waals surface area contributed by atoms with Crippen LogP contribution in [0.5, 0.6) is 0 Å². The van der Waals surface area contributed by atoms with Crippen molar-refractivity contribution >= 4 is 17.2 Å². The van der Waals surface area contributed by atoms with E-state index < -0.39 is 0 Å². The summed E-state index contributed by atoms with van der Waals surface area (Å²) < 4.78 is 0. The van der Waals surface area contributed by atoms with Gasteiger partial charge in [0.15, 0.2) is 0 Å². The van der Waals surface area contributed by atoms with Gasteiger partial charge in [0.2, 0.25) is 0 Å². The first-order chi connectivity index (χ1) is 11.1. The third kappa shape index (κ3) is 4.01. The first-order valence-corrected chi connectivity index (χ1v) is 9.12. The third-order valence-electron chi connectivity index (χ3n) is 4.59. The predicted molar refractivity (Wildman–Crippen MR) is 95.6 cm³/mol. The van der Waals surface area contributed by atoms with Crippen LogP contribution in [0, 0.1) is 0 Å². The first-order valence-electron chi connectivity index (χ1n) is 8.24. The molecular weight excluding hydrogens is 304 g/mol. The molecule has 1 aliphatic heterocycles. The van der Waals surface area contributed by atoms with Gasteiger partial charge >= 0.3 is 0 Å². The molecule has 0 saturated heterocycles. The van der Waals surface area contributed by atoms with E-state index in [0.29, 0.717) is 0 Å². The minimum Gasteiger partial charge on any atom is -0.334 e. The fraction of sp³-hybridized carbons (Fsp3) is 0.421. The summed E-state index contributed by atoms with van der Waals surface area (Å²) in [7, 11) is 0. The average molecular weight is 328 g/mol. The van der Waals surface area contributed by atoms with Gasteiger partial charge in [-0.05, 0) is 55.7 Å². The fourth-order valence-electron chi connectivity index (χ4n) is 3.16. The van der Waals surface area contributed by atoms with Gasteiger partial charge in [0, 0.05) is 29.1 Å². The van der Waals surface area contributed by atoms with E-state index in [9.17, 15) is 4.79 Å². The maximum Gasteiger partial charge on any atom is 0.254 e. The smallest absolute Gasteiger partial charge is 0.254 e. The second-order valence-electron chi connectivity index (χ2n) is 6.72. The van der Waals surface area contributed by atoms with Gasteiger partial charge in [-0.25, -0.2) is 0 Å². The summed E-state index contributed by atoms with van der Waals surface area (Å²) in [6.45, 7) is 3.66. The Morgan fingerprint density at radius 2 is 2.04 bits per heavy atom. The molecule has 1 unspecified atom stereocenters. The highest BCUT2D eigenvalue weighted by Crippen LogP contribution is 2.24. The molecule has 122 valence electrons. The number of hydrogen-bond donors (Lipinski definition) is 1. The van der Waals surface area contributed by atoms with Crippen molar-refractivity contribution in [3.05, 3.63) is 57.8 Å². The van der Waals surface area contributed by atoms with Gasteiger partial charge in [-0.3, -0.25) is 4.79 Å². The molecule has 2 N–H and O–H groups in total. The van der Waals surface area contributed by atoms with Crippen LogP contribution in [0.1, 0.15) is 47.0 Å². The summed E-state index contributed by atoms with van der Waals surface area (Å²) in [6.07, 6.45) is 3.93. The summed E-state index contributed by atoms with van der Waals surface area (Å²) in [4.78, 5) is 15.7. The number of carbonyl (C=O) groups is 1. The van der Waals surface area contributed by atoms with Gasteiger partial charge < -0.3 is 10.6 Å². The molecule has 1 aliphatic rings. The zero-order valence-electron chi connectivity index (χ0n) is 13.6. The lowest BCUT2D eigenvalue weighted by atomic mass is 9.91. The van der Waals surface area contributed by atoms with Crippen molar-refractivity contribution in [3.8, 4) is 0 Å². The molecular formula is C19H24N2OS. The third-order valence-corrected chi connectivity index (χ3v) is 5.53. The highest BCUT2D eigenvalue weighted by atomic mass is 32.1. The van der Waals surface area contributed by atoms with Crippen LogP contribution in [0.15, 0.2) is 41.8 Å². The minimum atomic E-state index is -0.167. The summed E-state index contributed by atoms with van der Waals surface area (Å²) in [6, 6.07) is 12.2. The van der Waals surface area contributed by atoms with Crippen LogP contribution >= 0.6 is 11.3 Å². The number of nitrogens with zero attached hydrogens (tertiary/aromatic N) is 1. The van der Waals surface area contributed by atoms with Crippen LogP contribution in [0.2, 0.25) is 0 Å². The van der Waals surface area contributed by atoms with Crippen LogP contribution in [0.25, 0.3) is 0 Å². The number of fused-ring (bicyclic) bond motifs is 1. The normalized spacial score (nSPS) is 16.4. The Bertz CT molecular complexity index is 664. The molecule has 3 rings (SSSR count). The van der Waals surface area contributed by atoms with E-state index in [4.69, 9.17) is 5.73 Å².